The molecule has 1 amide bonds. The summed E-state index contributed by atoms with van der Waals surface area (Å²) in [5.41, 5.74) is 0. The van der Waals surface area contributed by atoms with Crippen LogP contribution in [0.2, 0.25) is 0 Å². The van der Waals surface area contributed by atoms with Crippen molar-refractivity contribution in [3.63, 3.8) is 0 Å². The maximum absolute atomic E-state index is 12.9. The average Bonchev–Trinajstić information content (AvgIpc) is 3.30. The Balaban J connectivity index is 2.21. The summed E-state index contributed by atoms with van der Waals surface area (Å²) in [5, 5.41) is 54.0. The molecule has 1 aliphatic rings. The van der Waals surface area contributed by atoms with Gasteiger partial charge in [-0.3, -0.25) is 9.59 Å². The van der Waals surface area contributed by atoms with E-state index in [-0.39, 0.29) is 24.9 Å². The van der Waals surface area contributed by atoms with Crippen LogP contribution in [-0.2, 0) is 23.8 Å². The molecule has 0 spiro atoms. The molecule has 0 radical (unpaired) electrons. The van der Waals surface area contributed by atoms with Gasteiger partial charge in [0, 0.05) is 12.8 Å². The predicted molar refractivity (Wildman–Crippen MR) is 264 cm³/mol. The lowest BCUT2D eigenvalue weighted by molar-refractivity contribution is -0.302. The fourth-order valence-corrected chi connectivity index (χ4v) is 7.34. The molecule has 0 bridgehead atoms. The van der Waals surface area contributed by atoms with E-state index in [1.807, 2.05) is 18.2 Å². The first-order valence-corrected chi connectivity index (χ1v) is 25.7. The lowest BCUT2D eigenvalue weighted by atomic mass is 9.99. The molecular weight excluding hydrogens is 823 g/mol. The minimum Gasteiger partial charge on any atom is -0.466 e. The second kappa shape index (κ2) is 43.7. The third-order valence-corrected chi connectivity index (χ3v) is 11.5. The maximum atomic E-state index is 12.9. The van der Waals surface area contributed by atoms with Crippen molar-refractivity contribution >= 4 is 11.9 Å². The summed E-state index contributed by atoms with van der Waals surface area (Å²) in [5.74, 6) is -0.335. The van der Waals surface area contributed by atoms with E-state index >= 15 is 0 Å². The van der Waals surface area contributed by atoms with E-state index in [1.54, 1.807) is 6.08 Å². The molecule has 65 heavy (non-hydrogen) atoms. The van der Waals surface area contributed by atoms with Crippen molar-refractivity contribution < 1.29 is 49.3 Å². The largest absolute Gasteiger partial charge is 0.466 e. The van der Waals surface area contributed by atoms with E-state index in [4.69, 9.17) is 14.2 Å². The minimum absolute atomic E-state index is 0.0568. The number of carbonyl (C=O) groups is 2. The third kappa shape index (κ3) is 34.1. The number of carbonyl (C=O) groups excluding carboxylic acids is 2. The van der Waals surface area contributed by atoms with Crippen LogP contribution in [-0.4, -0.2) is 100 Å². The van der Waals surface area contributed by atoms with Crippen molar-refractivity contribution in [1.29, 1.82) is 0 Å². The molecule has 11 heteroatoms. The number of amides is 1. The van der Waals surface area contributed by atoms with E-state index in [0.717, 1.165) is 83.5 Å². The van der Waals surface area contributed by atoms with Crippen molar-refractivity contribution in [1.82, 2.24) is 5.32 Å². The van der Waals surface area contributed by atoms with Gasteiger partial charge in [0.15, 0.2) is 6.29 Å². The van der Waals surface area contributed by atoms with Crippen molar-refractivity contribution in [2.45, 2.75) is 236 Å². The topological polar surface area (TPSA) is 175 Å². The van der Waals surface area contributed by atoms with Crippen LogP contribution in [0.3, 0.4) is 0 Å². The Hall–Kier alpha value is -2.90. The molecule has 11 nitrogen and oxygen atoms in total. The number of hydrogen-bond donors (Lipinski definition) is 6. The number of ether oxygens (including phenoxy) is 3. The highest BCUT2D eigenvalue weighted by atomic mass is 16.7. The zero-order chi connectivity index (χ0) is 47.4. The number of rotatable bonds is 42. The van der Waals surface area contributed by atoms with Crippen molar-refractivity contribution in [3.8, 4) is 0 Å². The SMILES string of the molecule is CCCC/C=C\C/C=C\CCCCCCCC(=O)OCCCCCCCC/C=C\C/C=C\CCC(=O)NC(COC1OC(CO)C(O)C(O)C1O)C(O)/C=C/CC/C=C/CCCCCC. The van der Waals surface area contributed by atoms with Crippen LogP contribution in [0, 0.1) is 0 Å². The summed E-state index contributed by atoms with van der Waals surface area (Å²) in [6.45, 7) is 4.12. The number of nitrogens with one attached hydrogen (secondary N) is 1. The first kappa shape index (κ1) is 60.1. The van der Waals surface area contributed by atoms with E-state index in [1.165, 1.54) is 77.0 Å². The van der Waals surface area contributed by atoms with Crippen LogP contribution in [0.1, 0.15) is 194 Å². The van der Waals surface area contributed by atoms with Gasteiger partial charge in [-0.05, 0) is 89.9 Å². The van der Waals surface area contributed by atoms with E-state index in [9.17, 15) is 35.1 Å². The summed E-state index contributed by atoms with van der Waals surface area (Å²) < 4.78 is 16.6. The molecule has 1 fully saturated rings. The van der Waals surface area contributed by atoms with Gasteiger partial charge in [0.1, 0.15) is 24.4 Å². The molecule has 6 N–H and O–H groups in total. The molecule has 374 valence electrons. The Kier molecular flexibility index (Phi) is 40.4. The zero-order valence-corrected chi connectivity index (χ0v) is 40.7. The standard InChI is InChI=1S/C54H93NO10/c1-3-5-7-9-11-13-15-16-19-22-26-30-34-38-42-50(59)63-43-39-35-31-27-23-20-17-18-21-25-29-33-37-41-49(58)55-46(45-64-54-53(62)52(61)51(60)48(44-56)65-54)47(57)40-36-32-28-24-14-12-10-8-6-4-2/h9,11,14-16,18,21,24,29,33,36,40,46-48,51-54,56-57,60-62H,3-8,10,12-13,17,19-20,22-23,25-28,30-32,34-35,37-39,41-45H2,1-2H3,(H,55,58)/b11-9-,16-15-,21-18-,24-14+,33-29-,40-36+. The van der Waals surface area contributed by atoms with Crippen molar-refractivity contribution in [2.24, 2.45) is 0 Å². The molecular formula is C54H93NO10. The summed E-state index contributed by atoms with van der Waals surface area (Å²) in [7, 11) is 0. The molecule has 1 saturated heterocycles. The third-order valence-electron chi connectivity index (χ3n) is 11.5. The van der Waals surface area contributed by atoms with Crippen LogP contribution in [0.5, 0.6) is 0 Å². The van der Waals surface area contributed by atoms with Crippen LogP contribution in [0.4, 0.5) is 0 Å². The fourth-order valence-electron chi connectivity index (χ4n) is 7.34. The van der Waals surface area contributed by atoms with Crippen molar-refractivity contribution in [3.05, 3.63) is 72.9 Å². The Labute approximate surface area is 394 Å². The summed E-state index contributed by atoms with van der Waals surface area (Å²) in [6.07, 6.45) is 45.7. The molecule has 0 saturated carbocycles. The average molecular weight is 916 g/mol. The molecule has 0 aromatic carbocycles. The van der Waals surface area contributed by atoms with Crippen LogP contribution in [0.25, 0.3) is 0 Å². The van der Waals surface area contributed by atoms with Gasteiger partial charge >= 0.3 is 5.97 Å². The fraction of sp³-hybridized carbons (Fsp3) is 0.741. The Morgan fingerprint density at radius 2 is 1.08 bits per heavy atom. The first-order valence-electron chi connectivity index (χ1n) is 25.7. The van der Waals surface area contributed by atoms with Crippen LogP contribution in [0.15, 0.2) is 72.9 Å². The Morgan fingerprint density at radius 1 is 0.569 bits per heavy atom. The second-order valence-electron chi connectivity index (χ2n) is 17.5. The highest BCUT2D eigenvalue weighted by Gasteiger charge is 2.44. The van der Waals surface area contributed by atoms with Gasteiger partial charge in [0.05, 0.1) is 32.0 Å². The van der Waals surface area contributed by atoms with Crippen molar-refractivity contribution in [2.75, 3.05) is 19.8 Å². The highest BCUT2D eigenvalue weighted by Crippen LogP contribution is 2.22. The Bertz CT molecular complexity index is 1310. The molecule has 0 aromatic heterocycles. The van der Waals surface area contributed by atoms with Gasteiger partial charge in [0.25, 0.3) is 0 Å². The number of hydrogen-bond acceptors (Lipinski definition) is 10. The summed E-state index contributed by atoms with van der Waals surface area (Å²) in [6, 6.07) is -0.872. The highest BCUT2D eigenvalue weighted by molar-refractivity contribution is 5.76. The van der Waals surface area contributed by atoms with Crippen LogP contribution < -0.4 is 5.32 Å². The number of unbranched alkanes of at least 4 members (excludes halogenated alkanes) is 18. The molecule has 1 rings (SSSR count). The lowest BCUT2D eigenvalue weighted by Gasteiger charge is -2.40. The molecule has 1 aliphatic heterocycles. The smallest absolute Gasteiger partial charge is 0.305 e. The van der Waals surface area contributed by atoms with Gasteiger partial charge in [-0.2, -0.15) is 0 Å². The maximum Gasteiger partial charge on any atom is 0.305 e. The van der Waals surface area contributed by atoms with E-state index in [2.05, 4.69) is 67.8 Å². The quantitative estimate of drug-likeness (QED) is 0.0196. The van der Waals surface area contributed by atoms with Gasteiger partial charge in [0.2, 0.25) is 5.91 Å². The molecule has 7 unspecified atom stereocenters. The molecule has 0 aromatic rings. The molecule has 0 aliphatic carbocycles. The number of allylic oxidation sites excluding steroid dienone is 11. The minimum atomic E-state index is -1.59. The summed E-state index contributed by atoms with van der Waals surface area (Å²) in [4.78, 5) is 25.0. The number of aliphatic hydroxyl groups is 5. The van der Waals surface area contributed by atoms with Gasteiger partial charge in [-0.1, -0.05) is 164 Å². The normalized spacial score (nSPS) is 20.4. The molecule has 7 atom stereocenters. The monoisotopic (exact) mass is 916 g/mol. The number of esters is 1. The first-order chi connectivity index (χ1) is 31.7. The molecule has 1 heterocycles. The van der Waals surface area contributed by atoms with E-state index in [0.29, 0.717) is 19.4 Å². The predicted octanol–water partition coefficient (Wildman–Crippen LogP) is 10.5. The second-order valence-corrected chi connectivity index (χ2v) is 17.5. The van der Waals surface area contributed by atoms with Gasteiger partial charge in [-0.25, -0.2) is 0 Å². The lowest BCUT2D eigenvalue weighted by Crippen LogP contribution is -2.60. The van der Waals surface area contributed by atoms with Crippen LogP contribution >= 0.6 is 0 Å². The van der Waals surface area contributed by atoms with E-state index < -0.39 is 49.5 Å². The Morgan fingerprint density at radius 3 is 1.69 bits per heavy atom. The zero-order valence-electron chi connectivity index (χ0n) is 40.7. The number of aliphatic hydroxyl groups excluding tert-OH is 5. The van der Waals surface area contributed by atoms with Gasteiger partial charge in [-0.15, -0.1) is 0 Å². The summed E-state index contributed by atoms with van der Waals surface area (Å²) >= 11 is 0. The van der Waals surface area contributed by atoms with Gasteiger partial charge < -0.3 is 45.1 Å².